The van der Waals surface area contributed by atoms with Crippen molar-refractivity contribution in [2.45, 2.75) is 52.0 Å². The van der Waals surface area contributed by atoms with Gasteiger partial charge in [-0.25, -0.2) is 4.98 Å². The number of hydrogen-bond donors (Lipinski definition) is 0. The molecule has 25 heavy (non-hydrogen) atoms. The maximum atomic E-state index is 4.90. The Labute approximate surface area is 151 Å². The van der Waals surface area contributed by atoms with Gasteiger partial charge in [0.05, 0.1) is 0 Å². The van der Waals surface area contributed by atoms with Crippen LogP contribution in [0.1, 0.15) is 43.9 Å². The summed E-state index contributed by atoms with van der Waals surface area (Å²) < 4.78 is 0. The van der Waals surface area contributed by atoms with Gasteiger partial charge in [-0.3, -0.25) is 4.98 Å². The van der Waals surface area contributed by atoms with Crippen LogP contribution in [-0.2, 0) is 6.42 Å². The van der Waals surface area contributed by atoms with Crippen molar-refractivity contribution in [1.29, 1.82) is 0 Å². The van der Waals surface area contributed by atoms with Gasteiger partial charge in [-0.2, -0.15) is 4.98 Å². The minimum absolute atomic E-state index is 0.575. The number of anilines is 2. The molecule has 0 bridgehead atoms. The smallest absolute Gasteiger partial charge is 0.227 e. The molecule has 1 unspecified atom stereocenters. The van der Waals surface area contributed by atoms with Crippen LogP contribution >= 0.6 is 0 Å². The predicted molar refractivity (Wildman–Crippen MR) is 103 cm³/mol. The molecule has 5 heteroatoms. The van der Waals surface area contributed by atoms with Crippen molar-refractivity contribution in [2.24, 2.45) is 0 Å². The van der Waals surface area contributed by atoms with E-state index in [9.17, 15) is 0 Å². The Morgan fingerprint density at radius 1 is 1.20 bits per heavy atom. The summed E-state index contributed by atoms with van der Waals surface area (Å²) in [5, 5.41) is 0. The highest BCUT2D eigenvalue weighted by atomic mass is 15.3. The molecule has 0 amide bonds. The number of aromatic nitrogens is 3. The van der Waals surface area contributed by atoms with E-state index in [-0.39, 0.29) is 0 Å². The van der Waals surface area contributed by atoms with Crippen LogP contribution in [0.25, 0.3) is 0 Å². The van der Waals surface area contributed by atoms with Gasteiger partial charge >= 0.3 is 0 Å². The number of nitrogens with zero attached hydrogens (tertiary/aromatic N) is 5. The summed E-state index contributed by atoms with van der Waals surface area (Å²) in [6.07, 6.45) is 9.65. The molecule has 5 nitrogen and oxygen atoms in total. The van der Waals surface area contributed by atoms with Crippen LogP contribution < -0.4 is 9.80 Å². The molecule has 1 fully saturated rings. The fourth-order valence-corrected chi connectivity index (χ4v) is 3.51. The molecule has 0 aliphatic carbocycles. The molecule has 3 rings (SSSR count). The highest BCUT2D eigenvalue weighted by molar-refractivity contribution is 5.46. The number of hydrogen-bond acceptors (Lipinski definition) is 5. The third kappa shape index (κ3) is 4.47. The summed E-state index contributed by atoms with van der Waals surface area (Å²) in [4.78, 5) is 18.4. The molecule has 0 radical (unpaired) electrons. The van der Waals surface area contributed by atoms with Gasteiger partial charge in [-0.1, -0.05) is 6.92 Å². The van der Waals surface area contributed by atoms with Crippen molar-refractivity contribution < 1.29 is 0 Å². The third-order valence-electron chi connectivity index (χ3n) is 5.06. The van der Waals surface area contributed by atoms with Crippen molar-refractivity contribution in [3.8, 4) is 0 Å². The SMILES string of the molecule is CCC1CCCCN1c1nc(C)cc(N(C)CCc2ccncc2)n1. The molecule has 0 aromatic carbocycles. The summed E-state index contributed by atoms with van der Waals surface area (Å²) >= 11 is 0. The Balaban J connectivity index is 1.74. The molecule has 0 N–H and O–H groups in total. The highest BCUT2D eigenvalue weighted by Crippen LogP contribution is 2.25. The average Bonchev–Trinajstić information content (AvgIpc) is 2.66. The van der Waals surface area contributed by atoms with Crippen molar-refractivity contribution in [1.82, 2.24) is 15.0 Å². The van der Waals surface area contributed by atoms with Crippen LogP contribution in [0.5, 0.6) is 0 Å². The second-order valence-electron chi connectivity index (χ2n) is 6.95. The van der Waals surface area contributed by atoms with Crippen LogP contribution in [0.4, 0.5) is 11.8 Å². The molecule has 3 heterocycles. The summed E-state index contributed by atoms with van der Waals surface area (Å²) in [7, 11) is 2.11. The van der Waals surface area contributed by atoms with Crippen LogP contribution in [0, 0.1) is 6.92 Å². The first-order valence-electron chi connectivity index (χ1n) is 9.39. The first-order valence-corrected chi connectivity index (χ1v) is 9.39. The van der Waals surface area contributed by atoms with Crippen molar-refractivity contribution >= 4 is 11.8 Å². The zero-order chi connectivity index (χ0) is 17.6. The minimum Gasteiger partial charge on any atom is -0.359 e. The van der Waals surface area contributed by atoms with E-state index in [1.165, 1.54) is 24.8 Å². The summed E-state index contributed by atoms with van der Waals surface area (Å²) in [5.74, 6) is 1.91. The van der Waals surface area contributed by atoms with Crippen molar-refractivity contribution in [2.75, 3.05) is 29.9 Å². The van der Waals surface area contributed by atoms with Crippen LogP contribution in [-0.4, -0.2) is 41.1 Å². The molecule has 2 aromatic heterocycles. The summed E-state index contributed by atoms with van der Waals surface area (Å²) in [5.41, 5.74) is 2.34. The number of likely N-dealkylation sites (N-methyl/N-ethyl adjacent to an activating group) is 1. The number of aryl methyl sites for hydroxylation is 1. The Morgan fingerprint density at radius 2 is 2.00 bits per heavy atom. The summed E-state index contributed by atoms with van der Waals surface area (Å²) in [6, 6.07) is 6.81. The molecule has 1 atom stereocenters. The standard InChI is InChI=1S/C20H29N5/c1-4-18-7-5-6-13-25(18)20-22-16(2)15-19(23-20)24(3)14-10-17-8-11-21-12-9-17/h8-9,11-12,15,18H,4-7,10,13-14H2,1-3H3. The maximum absolute atomic E-state index is 4.90. The molecule has 134 valence electrons. The average molecular weight is 339 g/mol. The normalized spacial score (nSPS) is 17.6. The van der Waals surface area contributed by atoms with Gasteiger partial charge in [0.1, 0.15) is 5.82 Å². The number of pyridine rings is 1. The Morgan fingerprint density at radius 3 is 2.76 bits per heavy atom. The molecule has 0 spiro atoms. The van der Waals surface area contributed by atoms with Gasteiger partial charge in [0, 0.05) is 50.3 Å². The van der Waals surface area contributed by atoms with Gasteiger partial charge in [0.25, 0.3) is 0 Å². The van der Waals surface area contributed by atoms with E-state index in [1.807, 2.05) is 12.4 Å². The Bertz CT molecular complexity index is 673. The van der Waals surface area contributed by atoms with E-state index in [0.717, 1.165) is 43.4 Å². The van der Waals surface area contributed by atoms with E-state index in [4.69, 9.17) is 9.97 Å². The van der Waals surface area contributed by atoms with E-state index >= 15 is 0 Å². The predicted octanol–water partition coefficient (Wildman–Crippen LogP) is 3.63. The lowest BCUT2D eigenvalue weighted by Gasteiger charge is -2.35. The van der Waals surface area contributed by atoms with Crippen LogP contribution in [0.15, 0.2) is 30.6 Å². The minimum atomic E-state index is 0.575. The third-order valence-corrected chi connectivity index (χ3v) is 5.06. The lowest BCUT2D eigenvalue weighted by molar-refractivity contribution is 0.443. The van der Waals surface area contributed by atoms with E-state index in [0.29, 0.717) is 6.04 Å². The maximum Gasteiger partial charge on any atom is 0.227 e. The second kappa shape index (κ2) is 8.28. The van der Waals surface area contributed by atoms with E-state index in [2.05, 4.69) is 53.9 Å². The lowest BCUT2D eigenvalue weighted by atomic mass is 10.0. The van der Waals surface area contributed by atoms with Gasteiger partial charge in [-0.05, 0) is 56.7 Å². The van der Waals surface area contributed by atoms with Gasteiger partial charge in [0.15, 0.2) is 0 Å². The summed E-state index contributed by atoms with van der Waals surface area (Å²) in [6.45, 7) is 6.33. The zero-order valence-corrected chi connectivity index (χ0v) is 15.6. The Kier molecular flexibility index (Phi) is 5.84. The largest absolute Gasteiger partial charge is 0.359 e. The molecule has 2 aromatic rings. The van der Waals surface area contributed by atoms with Gasteiger partial charge in [-0.15, -0.1) is 0 Å². The second-order valence-corrected chi connectivity index (χ2v) is 6.95. The topological polar surface area (TPSA) is 45.2 Å². The fraction of sp³-hybridized carbons (Fsp3) is 0.550. The number of rotatable bonds is 6. The van der Waals surface area contributed by atoms with Crippen molar-refractivity contribution in [3.05, 3.63) is 41.9 Å². The molecular formula is C20H29N5. The highest BCUT2D eigenvalue weighted by Gasteiger charge is 2.24. The van der Waals surface area contributed by atoms with Crippen molar-refractivity contribution in [3.63, 3.8) is 0 Å². The fourth-order valence-electron chi connectivity index (χ4n) is 3.51. The molecule has 1 aliphatic rings. The first kappa shape index (κ1) is 17.6. The molecular weight excluding hydrogens is 310 g/mol. The molecule has 1 saturated heterocycles. The first-order chi connectivity index (χ1) is 12.2. The van der Waals surface area contributed by atoms with Gasteiger partial charge in [0.2, 0.25) is 5.95 Å². The zero-order valence-electron chi connectivity index (χ0n) is 15.6. The van der Waals surface area contributed by atoms with Gasteiger partial charge < -0.3 is 9.80 Å². The van der Waals surface area contributed by atoms with Crippen LogP contribution in [0.3, 0.4) is 0 Å². The lowest BCUT2D eigenvalue weighted by Crippen LogP contribution is -2.40. The monoisotopic (exact) mass is 339 g/mol. The molecule has 0 saturated carbocycles. The van der Waals surface area contributed by atoms with Crippen LogP contribution in [0.2, 0.25) is 0 Å². The Hall–Kier alpha value is -2.17. The quantitative estimate of drug-likeness (QED) is 0.804. The molecule has 1 aliphatic heterocycles. The number of piperidine rings is 1. The van der Waals surface area contributed by atoms with E-state index < -0.39 is 0 Å². The van der Waals surface area contributed by atoms with E-state index in [1.54, 1.807) is 0 Å².